The summed E-state index contributed by atoms with van der Waals surface area (Å²) < 4.78 is 6.68. The Balaban J connectivity index is 1.52. The number of para-hydroxylation sites is 1. The van der Waals surface area contributed by atoms with Crippen LogP contribution in [-0.2, 0) is 9.59 Å². The van der Waals surface area contributed by atoms with Crippen LogP contribution in [0.5, 0.6) is 0 Å². The van der Waals surface area contributed by atoms with Crippen LogP contribution in [0.2, 0.25) is 0 Å². The third kappa shape index (κ3) is 4.80. The summed E-state index contributed by atoms with van der Waals surface area (Å²) in [6.07, 6.45) is 0. The van der Waals surface area contributed by atoms with Gasteiger partial charge in [0.2, 0.25) is 11.8 Å². The van der Waals surface area contributed by atoms with Gasteiger partial charge in [-0.1, -0.05) is 23.4 Å². The Morgan fingerprint density at radius 3 is 2.39 bits per heavy atom. The minimum absolute atomic E-state index is 0.139. The molecule has 0 unspecified atom stereocenters. The van der Waals surface area contributed by atoms with Gasteiger partial charge in [-0.05, 0) is 32.9 Å². The topological polar surface area (TPSA) is 102 Å². The molecule has 0 aliphatic rings. The number of hydrogen-bond donors (Lipinski definition) is 2. The predicted octanol–water partition coefficient (Wildman–Crippen LogP) is 3.10. The van der Waals surface area contributed by atoms with E-state index in [9.17, 15) is 9.59 Å². The molecule has 2 N–H and O–H groups in total. The van der Waals surface area contributed by atoms with Gasteiger partial charge in [-0.2, -0.15) is 5.10 Å². The molecule has 0 aliphatic heterocycles. The summed E-state index contributed by atoms with van der Waals surface area (Å²) in [5.41, 5.74) is 3.20. The predicted molar refractivity (Wildman–Crippen MR) is 109 cm³/mol. The molecule has 28 heavy (non-hydrogen) atoms. The van der Waals surface area contributed by atoms with Gasteiger partial charge in [-0.15, -0.1) is 11.8 Å². The Labute approximate surface area is 166 Å². The number of carbonyl (C=O) groups excluding carboxylic acids is 2. The van der Waals surface area contributed by atoms with Crippen molar-refractivity contribution < 1.29 is 14.1 Å². The molecule has 9 heteroatoms. The number of rotatable bonds is 7. The summed E-state index contributed by atoms with van der Waals surface area (Å²) in [7, 11) is 0. The molecule has 3 rings (SSSR count). The summed E-state index contributed by atoms with van der Waals surface area (Å²) in [5, 5.41) is 13.7. The first-order valence-electron chi connectivity index (χ1n) is 8.66. The average molecular weight is 399 g/mol. The van der Waals surface area contributed by atoms with Gasteiger partial charge in [0, 0.05) is 6.07 Å². The minimum Gasteiger partial charge on any atom is -0.360 e. The van der Waals surface area contributed by atoms with Crippen molar-refractivity contribution in [3.8, 4) is 5.69 Å². The number of benzene rings is 1. The molecule has 146 valence electrons. The van der Waals surface area contributed by atoms with E-state index in [1.807, 2.05) is 44.2 Å². The molecule has 3 aromatic rings. The van der Waals surface area contributed by atoms with Crippen LogP contribution in [0.15, 0.2) is 40.9 Å². The van der Waals surface area contributed by atoms with Crippen LogP contribution in [-0.4, -0.2) is 38.3 Å². The number of carbonyl (C=O) groups is 2. The molecule has 2 heterocycles. The van der Waals surface area contributed by atoms with Crippen LogP contribution in [0.1, 0.15) is 17.1 Å². The van der Waals surface area contributed by atoms with Gasteiger partial charge in [0.15, 0.2) is 5.82 Å². The van der Waals surface area contributed by atoms with E-state index in [1.165, 1.54) is 11.8 Å². The summed E-state index contributed by atoms with van der Waals surface area (Å²) in [5.74, 6) is 0.849. The van der Waals surface area contributed by atoms with Crippen LogP contribution in [0.3, 0.4) is 0 Å². The van der Waals surface area contributed by atoms with Crippen molar-refractivity contribution in [2.24, 2.45) is 0 Å². The lowest BCUT2D eigenvalue weighted by Crippen LogP contribution is -2.19. The fraction of sp³-hybridized carbons (Fsp3) is 0.263. The number of aryl methyl sites for hydroxylation is 2. The summed E-state index contributed by atoms with van der Waals surface area (Å²) >= 11 is 1.22. The molecule has 0 aliphatic carbocycles. The maximum absolute atomic E-state index is 12.3. The highest BCUT2D eigenvalue weighted by Crippen LogP contribution is 2.23. The maximum atomic E-state index is 12.3. The van der Waals surface area contributed by atoms with E-state index in [-0.39, 0.29) is 23.3 Å². The maximum Gasteiger partial charge on any atom is 0.235 e. The van der Waals surface area contributed by atoms with Crippen LogP contribution >= 0.6 is 11.8 Å². The van der Waals surface area contributed by atoms with E-state index >= 15 is 0 Å². The van der Waals surface area contributed by atoms with Crippen LogP contribution in [0.25, 0.3) is 5.69 Å². The van der Waals surface area contributed by atoms with Gasteiger partial charge in [0.1, 0.15) is 5.76 Å². The molecular formula is C19H21N5O3S. The zero-order valence-electron chi connectivity index (χ0n) is 15.9. The zero-order valence-corrected chi connectivity index (χ0v) is 16.7. The molecule has 2 aromatic heterocycles. The normalized spacial score (nSPS) is 10.7. The third-order valence-electron chi connectivity index (χ3n) is 3.92. The number of aromatic nitrogens is 3. The first kappa shape index (κ1) is 19.7. The van der Waals surface area contributed by atoms with Gasteiger partial charge in [0.25, 0.3) is 0 Å². The van der Waals surface area contributed by atoms with Crippen molar-refractivity contribution in [2.45, 2.75) is 20.8 Å². The molecule has 0 radical (unpaired) electrons. The lowest BCUT2D eigenvalue weighted by atomic mass is 10.3. The second kappa shape index (κ2) is 8.75. The number of amides is 2. The Hall–Kier alpha value is -3.07. The van der Waals surface area contributed by atoms with Crippen LogP contribution < -0.4 is 10.6 Å². The van der Waals surface area contributed by atoms with E-state index in [0.717, 1.165) is 17.1 Å². The number of nitrogens with one attached hydrogen (secondary N) is 2. The first-order valence-corrected chi connectivity index (χ1v) is 9.82. The molecule has 0 fully saturated rings. The van der Waals surface area contributed by atoms with Gasteiger partial charge in [0.05, 0.1) is 34.3 Å². The van der Waals surface area contributed by atoms with Gasteiger partial charge in [-0.25, -0.2) is 4.68 Å². The van der Waals surface area contributed by atoms with E-state index in [2.05, 4.69) is 20.9 Å². The van der Waals surface area contributed by atoms with E-state index in [0.29, 0.717) is 17.3 Å². The van der Waals surface area contributed by atoms with Crippen molar-refractivity contribution in [1.29, 1.82) is 0 Å². The number of anilines is 2. The van der Waals surface area contributed by atoms with E-state index < -0.39 is 0 Å². The first-order chi connectivity index (χ1) is 13.4. The highest BCUT2D eigenvalue weighted by Gasteiger charge is 2.15. The summed E-state index contributed by atoms with van der Waals surface area (Å²) in [6, 6.07) is 11.4. The Morgan fingerprint density at radius 2 is 1.75 bits per heavy atom. The average Bonchev–Trinajstić information content (AvgIpc) is 3.20. The summed E-state index contributed by atoms with van der Waals surface area (Å²) in [6.45, 7) is 5.50. The van der Waals surface area contributed by atoms with Gasteiger partial charge in [-0.3, -0.25) is 9.59 Å². The van der Waals surface area contributed by atoms with Gasteiger partial charge >= 0.3 is 0 Å². The molecule has 2 amide bonds. The third-order valence-corrected chi connectivity index (χ3v) is 4.85. The SMILES string of the molecule is Cc1cc(NC(=O)CSCC(=O)Nc2c(C)nn(-c3ccccc3)c2C)no1. The Kier molecular flexibility index (Phi) is 6.15. The zero-order chi connectivity index (χ0) is 20.1. The molecule has 0 spiro atoms. The van der Waals surface area contributed by atoms with Crippen molar-refractivity contribution in [3.63, 3.8) is 0 Å². The van der Waals surface area contributed by atoms with Crippen molar-refractivity contribution in [1.82, 2.24) is 14.9 Å². The molecule has 0 bridgehead atoms. The largest absolute Gasteiger partial charge is 0.360 e. The standard InChI is InChI=1S/C19H21N5O3S/c1-12-9-16(23-27-12)20-17(25)10-28-11-18(26)21-19-13(2)22-24(14(19)3)15-7-5-4-6-8-15/h4-9H,10-11H2,1-3H3,(H,21,26)(H,20,23,25). The fourth-order valence-electron chi connectivity index (χ4n) is 2.66. The lowest BCUT2D eigenvalue weighted by molar-refractivity contribution is -0.114. The van der Waals surface area contributed by atoms with Crippen molar-refractivity contribution in [3.05, 3.63) is 53.5 Å². The minimum atomic E-state index is -0.240. The molecule has 0 atom stereocenters. The number of nitrogens with zero attached hydrogens (tertiary/aromatic N) is 3. The monoisotopic (exact) mass is 399 g/mol. The summed E-state index contributed by atoms with van der Waals surface area (Å²) in [4.78, 5) is 24.1. The van der Waals surface area contributed by atoms with Gasteiger partial charge < -0.3 is 15.2 Å². The second-order valence-corrected chi connectivity index (χ2v) is 7.19. The van der Waals surface area contributed by atoms with Crippen LogP contribution in [0, 0.1) is 20.8 Å². The van der Waals surface area contributed by atoms with E-state index in [1.54, 1.807) is 17.7 Å². The lowest BCUT2D eigenvalue weighted by Gasteiger charge is -2.07. The molecule has 0 saturated carbocycles. The quantitative estimate of drug-likeness (QED) is 0.633. The smallest absolute Gasteiger partial charge is 0.235 e. The highest BCUT2D eigenvalue weighted by atomic mass is 32.2. The van der Waals surface area contributed by atoms with Crippen molar-refractivity contribution in [2.75, 3.05) is 22.1 Å². The molecular weight excluding hydrogens is 378 g/mol. The van der Waals surface area contributed by atoms with E-state index in [4.69, 9.17) is 4.52 Å². The Morgan fingerprint density at radius 1 is 1.07 bits per heavy atom. The molecule has 8 nitrogen and oxygen atoms in total. The van der Waals surface area contributed by atoms with Crippen molar-refractivity contribution >= 4 is 35.1 Å². The molecule has 0 saturated heterocycles. The number of thioether (sulfide) groups is 1. The Bertz CT molecular complexity index is 981. The number of hydrogen-bond acceptors (Lipinski definition) is 6. The van der Waals surface area contributed by atoms with Crippen LogP contribution in [0.4, 0.5) is 11.5 Å². The fourth-order valence-corrected chi connectivity index (χ4v) is 3.28. The molecule has 1 aromatic carbocycles. The second-order valence-electron chi connectivity index (χ2n) is 6.21. The highest BCUT2D eigenvalue weighted by molar-refractivity contribution is 8.00.